The summed E-state index contributed by atoms with van der Waals surface area (Å²) >= 11 is 0. The first-order valence-electron chi connectivity index (χ1n) is 7.70. The highest BCUT2D eigenvalue weighted by Crippen LogP contribution is 2.22. The molecule has 0 radical (unpaired) electrons. The second-order valence-electron chi connectivity index (χ2n) is 5.56. The van der Waals surface area contributed by atoms with Crippen molar-refractivity contribution in [3.63, 3.8) is 0 Å². The molecule has 0 bridgehead atoms. The summed E-state index contributed by atoms with van der Waals surface area (Å²) < 4.78 is 0. The highest BCUT2D eigenvalue weighted by Gasteiger charge is 2.19. The van der Waals surface area contributed by atoms with Crippen molar-refractivity contribution in [1.29, 1.82) is 0 Å². The van der Waals surface area contributed by atoms with Crippen LogP contribution in [0.5, 0.6) is 0 Å². The number of para-hydroxylation sites is 1. The number of aliphatic carboxylic acids is 1. The van der Waals surface area contributed by atoms with Crippen molar-refractivity contribution in [3.05, 3.63) is 66.2 Å². The van der Waals surface area contributed by atoms with Crippen LogP contribution in [-0.4, -0.2) is 23.5 Å². The molecule has 4 heteroatoms. The average molecular weight is 311 g/mol. The SMILES string of the molecule is CC(CCC(=O)N(CC(=O)O)c1ccccc1)c1ccccc1. The monoisotopic (exact) mass is 311 g/mol. The molecule has 2 aromatic rings. The molecule has 4 nitrogen and oxygen atoms in total. The highest BCUT2D eigenvalue weighted by molar-refractivity contribution is 5.97. The number of amides is 1. The van der Waals surface area contributed by atoms with Gasteiger partial charge in [-0.05, 0) is 30.0 Å². The van der Waals surface area contributed by atoms with Crippen LogP contribution in [-0.2, 0) is 9.59 Å². The quantitative estimate of drug-likeness (QED) is 0.848. The first kappa shape index (κ1) is 16.7. The summed E-state index contributed by atoms with van der Waals surface area (Å²) in [5, 5.41) is 9.06. The molecule has 1 atom stereocenters. The first-order chi connectivity index (χ1) is 11.1. The second kappa shape index (κ2) is 8.13. The summed E-state index contributed by atoms with van der Waals surface area (Å²) in [5.41, 5.74) is 1.80. The largest absolute Gasteiger partial charge is 0.480 e. The summed E-state index contributed by atoms with van der Waals surface area (Å²) in [5.74, 6) is -0.928. The van der Waals surface area contributed by atoms with Crippen molar-refractivity contribution < 1.29 is 14.7 Å². The van der Waals surface area contributed by atoms with Crippen molar-refractivity contribution in [1.82, 2.24) is 0 Å². The normalized spacial score (nSPS) is 11.7. The zero-order valence-electron chi connectivity index (χ0n) is 13.2. The number of carboxylic acids is 1. The third-order valence-corrected chi connectivity index (χ3v) is 3.82. The summed E-state index contributed by atoms with van der Waals surface area (Å²) in [6, 6.07) is 18.9. The molecule has 0 aromatic heterocycles. The molecule has 120 valence electrons. The molecule has 1 amide bonds. The standard InChI is InChI=1S/C19H21NO3/c1-15(16-8-4-2-5-9-16)12-13-18(21)20(14-19(22)23)17-10-6-3-7-11-17/h2-11,15H,12-14H2,1H3,(H,22,23). The third kappa shape index (κ3) is 4.95. The van der Waals surface area contributed by atoms with Crippen molar-refractivity contribution in [2.45, 2.75) is 25.7 Å². The number of hydrogen-bond acceptors (Lipinski definition) is 2. The number of carbonyl (C=O) groups is 2. The van der Waals surface area contributed by atoms with E-state index in [2.05, 4.69) is 6.92 Å². The van der Waals surface area contributed by atoms with E-state index in [9.17, 15) is 9.59 Å². The van der Waals surface area contributed by atoms with E-state index in [-0.39, 0.29) is 18.4 Å². The molecule has 0 aliphatic rings. The summed E-state index contributed by atoms with van der Waals surface area (Å²) in [4.78, 5) is 24.9. The van der Waals surface area contributed by atoms with E-state index in [1.807, 2.05) is 36.4 Å². The Bertz CT molecular complexity index is 640. The summed E-state index contributed by atoms with van der Waals surface area (Å²) in [6.07, 6.45) is 1.00. The van der Waals surface area contributed by atoms with Crippen molar-refractivity contribution in [2.24, 2.45) is 0 Å². The van der Waals surface area contributed by atoms with Crippen LogP contribution in [0.3, 0.4) is 0 Å². The van der Waals surface area contributed by atoms with E-state index in [1.165, 1.54) is 10.5 Å². The Morgan fingerprint density at radius 3 is 2.13 bits per heavy atom. The summed E-state index contributed by atoms with van der Waals surface area (Å²) in [7, 11) is 0. The van der Waals surface area contributed by atoms with Gasteiger partial charge in [-0.2, -0.15) is 0 Å². The van der Waals surface area contributed by atoms with Gasteiger partial charge in [0.15, 0.2) is 0 Å². The number of rotatable bonds is 7. The van der Waals surface area contributed by atoms with Crippen LogP contribution in [0.25, 0.3) is 0 Å². The van der Waals surface area contributed by atoms with Crippen LogP contribution >= 0.6 is 0 Å². The molecular weight excluding hydrogens is 290 g/mol. The first-order valence-corrected chi connectivity index (χ1v) is 7.70. The molecule has 0 saturated heterocycles. The number of hydrogen-bond donors (Lipinski definition) is 1. The van der Waals surface area contributed by atoms with Gasteiger partial charge in [0.25, 0.3) is 0 Å². The van der Waals surface area contributed by atoms with Gasteiger partial charge in [0.1, 0.15) is 6.54 Å². The zero-order valence-corrected chi connectivity index (χ0v) is 13.2. The lowest BCUT2D eigenvalue weighted by atomic mass is 9.96. The maximum absolute atomic E-state index is 12.5. The van der Waals surface area contributed by atoms with Crippen molar-refractivity contribution in [2.75, 3.05) is 11.4 Å². The van der Waals surface area contributed by atoms with Gasteiger partial charge in [0.2, 0.25) is 5.91 Å². The van der Waals surface area contributed by atoms with E-state index < -0.39 is 5.97 Å². The molecular formula is C19H21NO3. The van der Waals surface area contributed by atoms with E-state index in [0.29, 0.717) is 18.5 Å². The Hall–Kier alpha value is -2.62. The van der Waals surface area contributed by atoms with Crippen molar-refractivity contribution >= 4 is 17.6 Å². The third-order valence-electron chi connectivity index (χ3n) is 3.82. The van der Waals surface area contributed by atoms with E-state index in [4.69, 9.17) is 5.11 Å². The van der Waals surface area contributed by atoms with E-state index in [0.717, 1.165) is 0 Å². The lowest BCUT2D eigenvalue weighted by Crippen LogP contribution is -2.35. The molecule has 1 unspecified atom stereocenters. The molecule has 23 heavy (non-hydrogen) atoms. The van der Waals surface area contributed by atoms with Gasteiger partial charge in [0.05, 0.1) is 0 Å². The van der Waals surface area contributed by atoms with Gasteiger partial charge in [0, 0.05) is 12.1 Å². The molecule has 0 aliphatic heterocycles. The fraction of sp³-hybridized carbons (Fsp3) is 0.263. The highest BCUT2D eigenvalue weighted by atomic mass is 16.4. The number of anilines is 1. The Kier molecular flexibility index (Phi) is 5.92. The molecule has 0 spiro atoms. The van der Waals surface area contributed by atoms with Crippen LogP contribution in [0.15, 0.2) is 60.7 Å². The van der Waals surface area contributed by atoms with Crippen LogP contribution < -0.4 is 4.90 Å². The Balaban J connectivity index is 2.02. The van der Waals surface area contributed by atoms with Gasteiger partial charge in [-0.25, -0.2) is 0 Å². The molecule has 0 fully saturated rings. The molecule has 1 N–H and O–H groups in total. The Labute approximate surface area is 136 Å². The van der Waals surface area contributed by atoms with Crippen LogP contribution in [0, 0.1) is 0 Å². The minimum atomic E-state index is -1.02. The van der Waals surface area contributed by atoms with Gasteiger partial charge >= 0.3 is 5.97 Å². The van der Waals surface area contributed by atoms with E-state index in [1.54, 1.807) is 24.3 Å². The smallest absolute Gasteiger partial charge is 0.323 e. The predicted octanol–water partition coefficient (Wildman–Crippen LogP) is 3.69. The van der Waals surface area contributed by atoms with E-state index >= 15 is 0 Å². The number of carboxylic acid groups (broad SMARTS) is 1. The van der Waals surface area contributed by atoms with Gasteiger partial charge in [-0.15, -0.1) is 0 Å². The fourth-order valence-corrected chi connectivity index (χ4v) is 2.49. The maximum atomic E-state index is 12.5. The number of carbonyl (C=O) groups excluding carboxylic acids is 1. The number of nitrogens with zero attached hydrogens (tertiary/aromatic N) is 1. The van der Waals surface area contributed by atoms with Gasteiger partial charge < -0.3 is 10.0 Å². The fourth-order valence-electron chi connectivity index (χ4n) is 2.49. The second-order valence-corrected chi connectivity index (χ2v) is 5.56. The summed E-state index contributed by atoms with van der Waals surface area (Å²) in [6.45, 7) is 1.76. The topological polar surface area (TPSA) is 57.6 Å². The lowest BCUT2D eigenvalue weighted by molar-refractivity contribution is -0.136. The van der Waals surface area contributed by atoms with Crippen LogP contribution in [0.1, 0.15) is 31.2 Å². The molecule has 2 aromatic carbocycles. The van der Waals surface area contributed by atoms with Gasteiger partial charge in [-0.3, -0.25) is 9.59 Å². The van der Waals surface area contributed by atoms with Gasteiger partial charge in [-0.1, -0.05) is 55.5 Å². The minimum Gasteiger partial charge on any atom is -0.480 e. The molecule has 0 aliphatic carbocycles. The minimum absolute atomic E-state index is 0.165. The molecule has 2 rings (SSSR count). The van der Waals surface area contributed by atoms with Crippen molar-refractivity contribution in [3.8, 4) is 0 Å². The zero-order chi connectivity index (χ0) is 16.7. The lowest BCUT2D eigenvalue weighted by Gasteiger charge is -2.22. The van der Waals surface area contributed by atoms with Crippen LogP contribution in [0.2, 0.25) is 0 Å². The molecule has 0 saturated carbocycles. The average Bonchev–Trinajstić information content (AvgIpc) is 2.58. The Morgan fingerprint density at radius 2 is 1.57 bits per heavy atom. The number of benzene rings is 2. The Morgan fingerprint density at radius 1 is 1.00 bits per heavy atom. The van der Waals surface area contributed by atoms with Crippen LogP contribution in [0.4, 0.5) is 5.69 Å². The molecule has 0 heterocycles. The maximum Gasteiger partial charge on any atom is 0.323 e. The predicted molar refractivity (Wildman–Crippen MR) is 90.5 cm³/mol.